The van der Waals surface area contributed by atoms with Crippen molar-refractivity contribution < 1.29 is 13.9 Å². The van der Waals surface area contributed by atoms with Gasteiger partial charge in [-0.3, -0.25) is 0 Å². The summed E-state index contributed by atoms with van der Waals surface area (Å²) in [4.78, 5) is 0. The van der Waals surface area contributed by atoms with E-state index in [4.69, 9.17) is 0 Å². The maximum absolute atomic E-state index is 13.8. The zero-order valence-electron chi connectivity index (χ0n) is 10.5. The molecule has 0 fully saturated rings. The van der Waals surface area contributed by atoms with Crippen molar-refractivity contribution in [3.05, 3.63) is 65.7 Å². The molecule has 0 aliphatic heterocycles. The summed E-state index contributed by atoms with van der Waals surface area (Å²) in [5.41, 5.74) is -0.194. The average Bonchev–Trinajstić information content (AvgIpc) is 2.39. The smallest absolute Gasteiger partial charge is 0.128 e. The summed E-state index contributed by atoms with van der Waals surface area (Å²) in [5.74, 6) is -0.804. The minimum Gasteiger partial charge on any atom is -0.394 e. The van der Waals surface area contributed by atoms with Gasteiger partial charge in [-0.25, -0.2) is 8.78 Å². The summed E-state index contributed by atoms with van der Waals surface area (Å²) in [7, 11) is 0. The van der Waals surface area contributed by atoms with E-state index in [1.54, 1.807) is 37.3 Å². The molecule has 1 unspecified atom stereocenters. The molecule has 19 heavy (non-hydrogen) atoms. The summed E-state index contributed by atoms with van der Waals surface area (Å²) in [6, 6.07) is 12.0. The summed E-state index contributed by atoms with van der Waals surface area (Å²) >= 11 is 0. The molecule has 0 bridgehead atoms. The Morgan fingerprint density at radius 2 is 1.84 bits per heavy atom. The lowest BCUT2D eigenvalue weighted by molar-refractivity contribution is 0.220. The monoisotopic (exact) mass is 263 g/mol. The number of nitrogens with one attached hydrogen (secondary N) is 1. The van der Waals surface area contributed by atoms with Gasteiger partial charge in [0.1, 0.15) is 11.6 Å². The molecule has 100 valence electrons. The van der Waals surface area contributed by atoms with Crippen LogP contribution < -0.4 is 5.32 Å². The van der Waals surface area contributed by atoms with E-state index >= 15 is 0 Å². The van der Waals surface area contributed by atoms with Crippen LogP contribution in [-0.4, -0.2) is 11.7 Å². The van der Waals surface area contributed by atoms with Gasteiger partial charge in [0, 0.05) is 11.3 Å². The SMILES string of the molecule is CC(CO)(Nc1cccc(F)c1)c1ccccc1F. The normalized spacial score (nSPS) is 13.9. The van der Waals surface area contributed by atoms with Crippen molar-refractivity contribution >= 4 is 5.69 Å². The third kappa shape index (κ3) is 2.90. The Labute approximate surface area is 110 Å². The van der Waals surface area contributed by atoms with Gasteiger partial charge in [-0.15, -0.1) is 0 Å². The van der Waals surface area contributed by atoms with Crippen molar-refractivity contribution in [3.8, 4) is 0 Å². The first-order valence-corrected chi connectivity index (χ1v) is 5.95. The number of aliphatic hydroxyl groups is 1. The Morgan fingerprint density at radius 3 is 2.47 bits per heavy atom. The van der Waals surface area contributed by atoms with Gasteiger partial charge in [0.25, 0.3) is 0 Å². The van der Waals surface area contributed by atoms with E-state index in [2.05, 4.69) is 5.32 Å². The van der Waals surface area contributed by atoms with Crippen LogP contribution in [-0.2, 0) is 5.54 Å². The van der Waals surface area contributed by atoms with Crippen LogP contribution in [0.3, 0.4) is 0 Å². The van der Waals surface area contributed by atoms with Crippen LogP contribution in [0.5, 0.6) is 0 Å². The standard InChI is InChI=1S/C15H15F2NO/c1-15(10-19,13-7-2-3-8-14(13)17)18-12-6-4-5-11(16)9-12/h2-9,18-19H,10H2,1H3. The topological polar surface area (TPSA) is 32.3 Å². The highest BCUT2D eigenvalue weighted by molar-refractivity contribution is 5.48. The zero-order chi connectivity index (χ0) is 13.9. The van der Waals surface area contributed by atoms with Crippen LogP contribution >= 0.6 is 0 Å². The quantitative estimate of drug-likeness (QED) is 0.887. The highest BCUT2D eigenvalue weighted by atomic mass is 19.1. The lowest BCUT2D eigenvalue weighted by atomic mass is 9.92. The van der Waals surface area contributed by atoms with Gasteiger partial charge in [0.05, 0.1) is 12.1 Å². The van der Waals surface area contributed by atoms with E-state index in [0.717, 1.165) is 0 Å². The molecule has 2 rings (SSSR count). The van der Waals surface area contributed by atoms with Gasteiger partial charge in [0.15, 0.2) is 0 Å². The van der Waals surface area contributed by atoms with E-state index < -0.39 is 11.4 Å². The van der Waals surface area contributed by atoms with E-state index in [9.17, 15) is 13.9 Å². The highest BCUT2D eigenvalue weighted by Gasteiger charge is 2.28. The zero-order valence-corrected chi connectivity index (χ0v) is 10.5. The Balaban J connectivity index is 2.36. The number of hydrogen-bond acceptors (Lipinski definition) is 2. The molecule has 2 N–H and O–H groups in total. The predicted octanol–water partition coefficient (Wildman–Crippen LogP) is 3.28. The molecule has 1 atom stereocenters. The van der Waals surface area contributed by atoms with Gasteiger partial charge in [-0.05, 0) is 31.2 Å². The average molecular weight is 263 g/mol. The molecule has 0 aromatic heterocycles. The Morgan fingerprint density at radius 1 is 1.11 bits per heavy atom. The van der Waals surface area contributed by atoms with Crippen LogP contribution in [0.1, 0.15) is 12.5 Å². The number of halogens is 2. The molecule has 0 saturated heterocycles. The largest absolute Gasteiger partial charge is 0.394 e. The van der Waals surface area contributed by atoms with Crippen molar-refractivity contribution in [2.45, 2.75) is 12.5 Å². The molecule has 2 aromatic rings. The number of benzene rings is 2. The third-order valence-corrected chi connectivity index (χ3v) is 3.03. The van der Waals surface area contributed by atoms with Crippen molar-refractivity contribution in [2.75, 3.05) is 11.9 Å². The Bertz CT molecular complexity index is 574. The van der Waals surface area contributed by atoms with Crippen LogP contribution in [0.15, 0.2) is 48.5 Å². The molecule has 0 aliphatic rings. The maximum Gasteiger partial charge on any atom is 0.128 e. The minimum absolute atomic E-state index is 0.315. The Hall–Kier alpha value is -1.94. The second kappa shape index (κ2) is 5.36. The third-order valence-electron chi connectivity index (χ3n) is 3.03. The Kier molecular flexibility index (Phi) is 3.81. The van der Waals surface area contributed by atoms with Gasteiger partial charge in [-0.2, -0.15) is 0 Å². The minimum atomic E-state index is -1.01. The van der Waals surface area contributed by atoms with Gasteiger partial charge in [-0.1, -0.05) is 24.3 Å². The molecular formula is C15H15F2NO. The number of hydrogen-bond donors (Lipinski definition) is 2. The predicted molar refractivity (Wildman–Crippen MR) is 70.9 cm³/mol. The van der Waals surface area contributed by atoms with Crippen molar-refractivity contribution in [2.24, 2.45) is 0 Å². The summed E-state index contributed by atoms with van der Waals surface area (Å²) in [6.45, 7) is 1.35. The molecule has 0 radical (unpaired) electrons. The molecule has 0 amide bonds. The fourth-order valence-electron chi connectivity index (χ4n) is 1.99. The molecule has 4 heteroatoms. The first-order valence-electron chi connectivity index (χ1n) is 5.95. The second-order valence-corrected chi connectivity index (χ2v) is 4.61. The highest BCUT2D eigenvalue weighted by Crippen LogP contribution is 2.28. The molecule has 0 saturated carbocycles. The molecule has 2 nitrogen and oxygen atoms in total. The van der Waals surface area contributed by atoms with Crippen LogP contribution in [0.4, 0.5) is 14.5 Å². The molecule has 0 spiro atoms. The fourth-order valence-corrected chi connectivity index (χ4v) is 1.99. The molecule has 0 heterocycles. The summed E-state index contributed by atoms with van der Waals surface area (Å²) in [5, 5.41) is 12.5. The number of aliphatic hydroxyl groups excluding tert-OH is 1. The maximum atomic E-state index is 13.8. The fraction of sp³-hybridized carbons (Fsp3) is 0.200. The molecule has 0 aliphatic carbocycles. The van der Waals surface area contributed by atoms with Crippen LogP contribution in [0.2, 0.25) is 0 Å². The lowest BCUT2D eigenvalue weighted by Crippen LogP contribution is -2.36. The van der Waals surface area contributed by atoms with E-state index in [1.165, 1.54) is 18.2 Å². The van der Waals surface area contributed by atoms with Crippen molar-refractivity contribution in [3.63, 3.8) is 0 Å². The van der Waals surface area contributed by atoms with Crippen molar-refractivity contribution in [1.82, 2.24) is 0 Å². The molecule has 2 aromatic carbocycles. The van der Waals surface area contributed by atoms with Gasteiger partial charge >= 0.3 is 0 Å². The second-order valence-electron chi connectivity index (χ2n) is 4.61. The van der Waals surface area contributed by atoms with Crippen LogP contribution in [0, 0.1) is 11.6 Å². The number of rotatable bonds is 4. The van der Waals surface area contributed by atoms with Gasteiger partial charge in [0.2, 0.25) is 0 Å². The summed E-state index contributed by atoms with van der Waals surface area (Å²) in [6.07, 6.45) is 0. The summed E-state index contributed by atoms with van der Waals surface area (Å²) < 4.78 is 27.0. The number of anilines is 1. The first-order chi connectivity index (χ1) is 9.05. The molecular weight excluding hydrogens is 248 g/mol. The van der Waals surface area contributed by atoms with Crippen molar-refractivity contribution in [1.29, 1.82) is 0 Å². The van der Waals surface area contributed by atoms with E-state index in [1.807, 2.05) is 0 Å². The van der Waals surface area contributed by atoms with E-state index in [-0.39, 0.29) is 12.4 Å². The lowest BCUT2D eigenvalue weighted by Gasteiger charge is -2.30. The van der Waals surface area contributed by atoms with Crippen LogP contribution in [0.25, 0.3) is 0 Å². The van der Waals surface area contributed by atoms with Gasteiger partial charge < -0.3 is 10.4 Å². The first kappa shape index (κ1) is 13.5. The van der Waals surface area contributed by atoms with E-state index in [0.29, 0.717) is 11.3 Å².